The van der Waals surface area contributed by atoms with E-state index in [1.54, 1.807) is 36.4 Å². The van der Waals surface area contributed by atoms with Crippen LogP contribution in [0.5, 0.6) is 11.5 Å². The van der Waals surface area contributed by atoms with Crippen molar-refractivity contribution in [1.82, 2.24) is 5.32 Å². The molecule has 2 N–H and O–H groups in total. The maximum atomic E-state index is 12.3. The van der Waals surface area contributed by atoms with Crippen molar-refractivity contribution in [3.8, 4) is 11.5 Å². The second-order valence-electron chi connectivity index (χ2n) is 7.84. The summed E-state index contributed by atoms with van der Waals surface area (Å²) in [6, 6.07) is 14.0. The van der Waals surface area contributed by atoms with Crippen molar-refractivity contribution in [2.45, 2.75) is 39.0 Å². The van der Waals surface area contributed by atoms with Crippen molar-refractivity contribution >= 4 is 29.6 Å². The molecule has 3 rings (SSSR count). The summed E-state index contributed by atoms with van der Waals surface area (Å²) in [7, 11) is 0. The van der Waals surface area contributed by atoms with Crippen LogP contribution < -0.4 is 10.1 Å². The smallest absolute Gasteiger partial charge is 0.352 e. The molecule has 5 nitrogen and oxygen atoms in total. The number of rotatable bonds is 7. The molecule has 30 heavy (non-hydrogen) atoms. The van der Waals surface area contributed by atoms with Crippen molar-refractivity contribution in [2.75, 3.05) is 0 Å². The Morgan fingerprint density at radius 3 is 2.40 bits per heavy atom. The van der Waals surface area contributed by atoms with Crippen LogP contribution in [0.1, 0.15) is 44.6 Å². The third kappa shape index (κ3) is 6.36. The van der Waals surface area contributed by atoms with Gasteiger partial charge >= 0.3 is 5.97 Å². The molecule has 1 fully saturated rings. The molecule has 6 heteroatoms. The molecule has 1 aliphatic rings. The quantitative estimate of drug-likeness (QED) is 0.540. The van der Waals surface area contributed by atoms with Gasteiger partial charge in [0.25, 0.3) is 0 Å². The standard InChI is InChI=1S/C24H26ClNO4/c1-16-6-8-18(9-7-16)15-23(27)26-21(24(28)29)14-17-10-12-19(13-11-17)30-22-5-3-2-4-20(22)25/h2-5,10-14,16,18H,6-9,15H2,1H3,(H,26,27)(H,28,29)/b21-14-. The van der Waals surface area contributed by atoms with E-state index in [0.717, 1.165) is 25.7 Å². The number of para-hydroxylation sites is 1. The Morgan fingerprint density at radius 2 is 1.77 bits per heavy atom. The number of benzene rings is 2. The Morgan fingerprint density at radius 1 is 1.10 bits per heavy atom. The topological polar surface area (TPSA) is 75.6 Å². The summed E-state index contributed by atoms with van der Waals surface area (Å²) in [5.74, 6) is 0.741. The zero-order valence-electron chi connectivity index (χ0n) is 16.9. The number of carbonyl (C=O) groups is 2. The number of aliphatic carboxylic acids is 1. The van der Waals surface area contributed by atoms with Gasteiger partial charge in [-0.25, -0.2) is 4.79 Å². The maximum Gasteiger partial charge on any atom is 0.352 e. The summed E-state index contributed by atoms with van der Waals surface area (Å²) in [5.41, 5.74) is 0.509. The van der Waals surface area contributed by atoms with E-state index >= 15 is 0 Å². The van der Waals surface area contributed by atoms with Gasteiger partial charge in [0.1, 0.15) is 17.2 Å². The number of carbonyl (C=O) groups excluding carboxylic acids is 1. The van der Waals surface area contributed by atoms with Crippen LogP contribution in [-0.2, 0) is 9.59 Å². The van der Waals surface area contributed by atoms with Crippen LogP contribution in [-0.4, -0.2) is 17.0 Å². The van der Waals surface area contributed by atoms with Gasteiger partial charge in [0, 0.05) is 6.42 Å². The lowest BCUT2D eigenvalue weighted by Gasteiger charge is -2.25. The van der Waals surface area contributed by atoms with Gasteiger partial charge in [-0.15, -0.1) is 0 Å². The minimum atomic E-state index is -1.17. The van der Waals surface area contributed by atoms with E-state index in [2.05, 4.69) is 12.2 Å². The summed E-state index contributed by atoms with van der Waals surface area (Å²) in [6.07, 6.45) is 6.11. The van der Waals surface area contributed by atoms with Gasteiger partial charge in [0.05, 0.1) is 5.02 Å². The van der Waals surface area contributed by atoms with Gasteiger partial charge in [0.2, 0.25) is 5.91 Å². The second-order valence-corrected chi connectivity index (χ2v) is 8.25. The fourth-order valence-electron chi connectivity index (χ4n) is 3.60. The molecule has 0 aliphatic heterocycles. The predicted octanol–water partition coefficient (Wildman–Crippen LogP) is 5.89. The molecule has 2 aromatic rings. The Balaban J connectivity index is 1.62. The Hall–Kier alpha value is -2.79. The second kappa shape index (κ2) is 10.3. The monoisotopic (exact) mass is 427 g/mol. The van der Waals surface area contributed by atoms with E-state index in [1.807, 2.05) is 12.1 Å². The van der Waals surface area contributed by atoms with Crippen molar-refractivity contribution < 1.29 is 19.4 Å². The first-order valence-corrected chi connectivity index (χ1v) is 10.6. The Kier molecular flexibility index (Phi) is 7.52. The molecule has 1 saturated carbocycles. The zero-order valence-corrected chi connectivity index (χ0v) is 17.7. The van der Waals surface area contributed by atoms with Gasteiger partial charge in [-0.05, 0) is 60.6 Å². The van der Waals surface area contributed by atoms with Crippen LogP contribution >= 0.6 is 11.6 Å². The highest BCUT2D eigenvalue weighted by Gasteiger charge is 2.22. The average molecular weight is 428 g/mol. The molecule has 0 radical (unpaired) electrons. The third-order valence-electron chi connectivity index (χ3n) is 5.37. The lowest BCUT2D eigenvalue weighted by atomic mass is 9.81. The number of carboxylic acid groups (broad SMARTS) is 1. The number of carboxylic acids is 1. The summed E-state index contributed by atoms with van der Waals surface area (Å²) in [6.45, 7) is 2.23. The predicted molar refractivity (Wildman–Crippen MR) is 117 cm³/mol. The molecular formula is C24H26ClNO4. The van der Waals surface area contributed by atoms with Gasteiger partial charge < -0.3 is 15.2 Å². The number of ether oxygens (including phenoxy) is 1. The number of halogens is 1. The molecule has 0 aromatic heterocycles. The Labute approximate surface area is 181 Å². The van der Waals surface area contributed by atoms with Gasteiger partial charge in [-0.2, -0.15) is 0 Å². The number of hydrogen-bond acceptors (Lipinski definition) is 3. The summed E-state index contributed by atoms with van der Waals surface area (Å²) in [5, 5.41) is 12.5. The maximum absolute atomic E-state index is 12.3. The minimum Gasteiger partial charge on any atom is -0.477 e. The van der Waals surface area contributed by atoms with E-state index in [0.29, 0.717) is 40.3 Å². The lowest BCUT2D eigenvalue weighted by Crippen LogP contribution is -2.29. The molecule has 1 aliphatic carbocycles. The van der Waals surface area contributed by atoms with Crippen molar-refractivity contribution in [1.29, 1.82) is 0 Å². The molecule has 0 atom stereocenters. The van der Waals surface area contributed by atoms with Gasteiger partial charge in [-0.1, -0.05) is 55.6 Å². The molecule has 158 valence electrons. The summed E-state index contributed by atoms with van der Waals surface area (Å²) >= 11 is 6.09. The SMILES string of the molecule is CC1CCC(CC(=O)N/C(=C\c2ccc(Oc3ccccc3Cl)cc2)C(=O)O)CC1. The Bertz CT molecular complexity index is 915. The molecule has 0 bridgehead atoms. The van der Waals surface area contributed by atoms with Crippen LogP contribution in [0.15, 0.2) is 54.2 Å². The number of nitrogens with one attached hydrogen (secondary N) is 1. The number of hydrogen-bond donors (Lipinski definition) is 2. The first kappa shape index (κ1) is 21.9. The highest BCUT2D eigenvalue weighted by atomic mass is 35.5. The molecule has 0 heterocycles. The van der Waals surface area contributed by atoms with E-state index < -0.39 is 5.97 Å². The fraction of sp³-hybridized carbons (Fsp3) is 0.333. The van der Waals surface area contributed by atoms with E-state index in [-0.39, 0.29) is 11.6 Å². The first-order chi connectivity index (χ1) is 14.4. The van der Waals surface area contributed by atoms with E-state index in [9.17, 15) is 14.7 Å². The van der Waals surface area contributed by atoms with E-state index in [1.165, 1.54) is 6.08 Å². The highest BCUT2D eigenvalue weighted by Crippen LogP contribution is 2.31. The van der Waals surface area contributed by atoms with Crippen molar-refractivity contribution in [2.24, 2.45) is 11.8 Å². The van der Waals surface area contributed by atoms with Crippen molar-refractivity contribution in [3.05, 3.63) is 64.8 Å². The largest absolute Gasteiger partial charge is 0.477 e. The molecule has 0 spiro atoms. The molecule has 2 aromatic carbocycles. The summed E-state index contributed by atoms with van der Waals surface area (Å²) < 4.78 is 5.73. The zero-order chi connectivity index (χ0) is 21.5. The first-order valence-electron chi connectivity index (χ1n) is 10.2. The van der Waals surface area contributed by atoms with Gasteiger partial charge in [-0.3, -0.25) is 4.79 Å². The van der Waals surface area contributed by atoms with E-state index in [4.69, 9.17) is 16.3 Å². The van der Waals surface area contributed by atoms with Gasteiger partial charge in [0.15, 0.2) is 0 Å². The highest BCUT2D eigenvalue weighted by molar-refractivity contribution is 6.32. The van der Waals surface area contributed by atoms with Crippen LogP contribution in [0.4, 0.5) is 0 Å². The fourth-order valence-corrected chi connectivity index (χ4v) is 3.78. The molecule has 0 unspecified atom stereocenters. The number of amides is 1. The van der Waals surface area contributed by atoms with Crippen LogP contribution in [0.25, 0.3) is 6.08 Å². The normalized spacial score (nSPS) is 19.2. The lowest BCUT2D eigenvalue weighted by molar-refractivity contribution is -0.134. The van der Waals surface area contributed by atoms with Crippen LogP contribution in [0.2, 0.25) is 5.02 Å². The van der Waals surface area contributed by atoms with Crippen LogP contribution in [0, 0.1) is 11.8 Å². The third-order valence-corrected chi connectivity index (χ3v) is 5.68. The molecule has 0 saturated heterocycles. The van der Waals surface area contributed by atoms with Crippen molar-refractivity contribution in [3.63, 3.8) is 0 Å². The molecule has 1 amide bonds. The minimum absolute atomic E-state index is 0.135. The summed E-state index contributed by atoms with van der Waals surface area (Å²) in [4.78, 5) is 23.9. The van der Waals surface area contributed by atoms with Crippen LogP contribution in [0.3, 0.4) is 0 Å². The average Bonchev–Trinajstić information content (AvgIpc) is 2.72. The molecular weight excluding hydrogens is 402 g/mol.